The Morgan fingerprint density at radius 2 is 1.66 bits per heavy atom. The number of halogens is 1. The SMILES string of the molecule is Cc1ccc(C(=O)N2CCN(c3cc(Oc4ccc(F)cc4)ncn3)CC2)cc1. The van der Waals surface area contributed by atoms with E-state index >= 15 is 0 Å². The number of anilines is 1. The Labute approximate surface area is 168 Å². The van der Waals surface area contributed by atoms with Gasteiger partial charge in [0.15, 0.2) is 0 Å². The van der Waals surface area contributed by atoms with Crippen molar-refractivity contribution in [1.82, 2.24) is 14.9 Å². The lowest BCUT2D eigenvalue weighted by atomic mass is 10.1. The Kier molecular flexibility index (Phi) is 5.37. The van der Waals surface area contributed by atoms with E-state index in [1.54, 1.807) is 18.2 Å². The van der Waals surface area contributed by atoms with Gasteiger partial charge in [-0.2, -0.15) is 0 Å². The summed E-state index contributed by atoms with van der Waals surface area (Å²) in [5.74, 6) is 1.36. The van der Waals surface area contributed by atoms with E-state index in [1.165, 1.54) is 18.5 Å². The molecule has 148 valence electrons. The van der Waals surface area contributed by atoms with E-state index < -0.39 is 0 Å². The number of piperazine rings is 1. The van der Waals surface area contributed by atoms with Crippen LogP contribution in [0.1, 0.15) is 15.9 Å². The molecule has 1 aliphatic rings. The predicted molar refractivity (Wildman–Crippen MR) is 108 cm³/mol. The molecule has 1 aromatic heterocycles. The van der Waals surface area contributed by atoms with Crippen LogP contribution in [-0.4, -0.2) is 47.0 Å². The van der Waals surface area contributed by atoms with E-state index in [0.717, 1.165) is 11.4 Å². The van der Waals surface area contributed by atoms with Crippen molar-refractivity contribution < 1.29 is 13.9 Å². The van der Waals surface area contributed by atoms with Crippen LogP contribution >= 0.6 is 0 Å². The molecule has 4 rings (SSSR count). The first-order valence-electron chi connectivity index (χ1n) is 9.45. The lowest BCUT2D eigenvalue weighted by Crippen LogP contribution is -2.49. The van der Waals surface area contributed by atoms with Gasteiger partial charge in [-0.3, -0.25) is 4.79 Å². The van der Waals surface area contributed by atoms with Crippen molar-refractivity contribution in [2.75, 3.05) is 31.1 Å². The summed E-state index contributed by atoms with van der Waals surface area (Å²) in [5.41, 5.74) is 1.84. The fourth-order valence-corrected chi connectivity index (χ4v) is 3.20. The number of aryl methyl sites for hydroxylation is 1. The van der Waals surface area contributed by atoms with E-state index in [-0.39, 0.29) is 11.7 Å². The van der Waals surface area contributed by atoms with Crippen molar-refractivity contribution in [1.29, 1.82) is 0 Å². The normalized spacial score (nSPS) is 14.0. The van der Waals surface area contributed by atoms with Crippen molar-refractivity contribution in [3.63, 3.8) is 0 Å². The summed E-state index contributed by atoms with van der Waals surface area (Å²) in [6.07, 6.45) is 1.44. The number of nitrogens with zero attached hydrogens (tertiary/aromatic N) is 4. The lowest BCUT2D eigenvalue weighted by molar-refractivity contribution is 0.0746. The highest BCUT2D eigenvalue weighted by molar-refractivity contribution is 5.94. The number of hydrogen-bond donors (Lipinski definition) is 0. The van der Waals surface area contributed by atoms with Gasteiger partial charge in [0.25, 0.3) is 5.91 Å². The second-order valence-electron chi connectivity index (χ2n) is 6.92. The third-order valence-corrected chi connectivity index (χ3v) is 4.85. The van der Waals surface area contributed by atoms with Crippen LogP contribution in [0.15, 0.2) is 60.9 Å². The minimum atomic E-state index is -0.321. The van der Waals surface area contributed by atoms with Crippen LogP contribution in [0.4, 0.5) is 10.2 Å². The largest absolute Gasteiger partial charge is 0.439 e. The summed E-state index contributed by atoms with van der Waals surface area (Å²) < 4.78 is 18.7. The van der Waals surface area contributed by atoms with E-state index in [0.29, 0.717) is 43.4 Å². The summed E-state index contributed by atoms with van der Waals surface area (Å²) in [6.45, 7) is 4.58. The first-order chi connectivity index (χ1) is 14.1. The number of aromatic nitrogens is 2. The van der Waals surface area contributed by atoms with Gasteiger partial charge in [0.05, 0.1) is 0 Å². The maximum absolute atomic E-state index is 13.0. The Balaban J connectivity index is 1.39. The molecule has 3 aromatic rings. The number of carbonyl (C=O) groups excluding carboxylic acids is 1. The third-order valence-electron chi connectivity index (χ3n) is 4.85. The number of amides is 1. The molecular formula is C22H21FN4O2. The quantitative estimate of drug-likeness (QED) is 0.678. The highest BCUT2D eigenvalue weighted by Gasteiger charge is 2.23. The molecule has 0 N–H and O–H groups in total. The van der Waals surface area contributed by atoms with Gasteiger partial charge in [0.1, 0.15) is 23.7 Å². The Bertz CT molecular complexity index is 984. The summed E-state index contributed by atoms with van der Waals surface area (Å²) >= 11 is 0. The Hall–Kier alpha value is -3.48. The van der Waals surface area contributed by atoms with E-state index in [4.69, 9.17) is 4.74 Å². The highest BCUT2D eigenvalue weighted by Crippen LogP contribution is 2.23. The van der Waals surface area contributed by atoms with Crippen LogP contribution in [0.5, 0.6) is 11.6 Å². The molecule has 0 aliphatic carbocycles. The molecule has 0 bridgehead atoms. The van der Waals surface area contributed by atoms with Crippen LogP contribution in [0, 0.1) is 12.7 Å². The van der Waals surface area contributed by atoms with Gasteiger partial charge in [0, 0.05) is 37.8 Å². The molecule has 0 atom stereocenters. The Morgan fingerprint density at radius 3 is 2.34 bits per heavy atom. The molecule has 2 aromatic carbocycles. The average molecular weight is 392 g/mol. The summed E-state index contributed by atoms with van der Waals surface area (Å²) in [4.78, 5) is 25.1. The van der Waals surface area contributed by atoms with Gasteiger partial charge >= 0.3 is 0 Å². The number of rotatable bonds is 4. The number of ether oxygens (including phenoxy) is 1. The molecule has 0 radical (unpaired) electrons. The van der Waals surface area contributed by atoms with E-state index in [1.807, 2.05) is 36.1 Å². The van der Waals surface area contributed by atoms with Crippen molar-refractivity contribution >= 4 is 11.7 Å². The molecule has 1 fully saturated rings. The van der Waals surface area contributed by atoms with Crippen LogP contribution in [0.3, 0.4) is 0 Å². The van der Waals surface area contributed by atoms with Crippen LogP contribution in [0.2, 0.25) is 0 Å². The van der Waals surface area contributed by atoms with E-state index in [9.17, 15) is 9.18 Å². The minimum Gasteiger partial charge on any atom is -0.439 e. The Morgan fingerprint density at radius 1 is 0.966 bits per heavy atom. The number of hydrogen-bond acceptors (Lipinski definition) is 5. The highest BCUT2D eigenvalue weighted by atomic mass is 19.1. The molecule has 1 amide bonds. The van der Waals surface area contributed by atoms with E-state index in [2.05, 4.69) is 14.9 Å². The summed E-state index contributed by atoms with van der Waals surface area (Å²) in [6, 6.07) is 15.2. The van der Waals surface area contributed by atoms with Gasteiger partial charge in [-0.05, 0) is 43.3 Å². The van der Waals surface area contributed by atoms with Crippen molar-refractivity contribution in [2.45, 2.75) is 6.92 Å². The molecule has 0 spiro atoms. The molecule has 1 aliphatic heterocycles. The van der Waals surface area contributed by atoms with Crippen molar-refractivity contribution in [3.05, 3.63) is 77.9 Å². The standard InChI is InChI=1S/C22H21FN4O2/c1-16-2-4-17(5-3-16)22(28)27-12-10-26(11-13-27)20-14-21(25-15-24-20)29-19-8-6-18(23)7-9-19/h2-9,14-15H,10-13H2,1H3. The fourth-order valence-electron chi connectivity index (χ4n) is 3.20. The van der Waals surface area contributed by atoms with Gasteiger partial charge in [-0.1, -0.05) is 17.7 Å². The lowest BCUT2D eigenvalue weighted by Gasteiger charge is -2.35. The van der Waals surface area contributed by atoms with Crippen LogP contribution in [-0.2, 0) is 0 Å². The number of benzene rings is 2. The van der Waals surface area contributed by atoms with Crippen molar-refractivity contribution in [3.8, 4) is 11.6 Å². The predicted octanol–water partition coefficient (Wildman–Crippen LogP) is 3.68. The van der Waals surface area contributed by atoms with Gasteiger partial charge in [-0.15, -0.1) is 0 Å². The molecule has 2 heterocycles. The second kappa shape index (κ2) is 8.26. The van der Waals surface area contributed by atoms with Crippen molar-refractivity contribution in [2.24, 2.45) is 0 Å². The maximum atomic E-state index is 13.0. The summed E-state index contributed by atoms with van der Waals surface area (Å²) in [5, 5.41) is 0. The third kappa shape index (κ3) is 4.51. The van der Waals surface area contributed by atoms with Crippen LogP contribution < -0.4 is 9.64 Å². The fraction of sp³-hybridized carbons (Fsp3) is 0.227. The zero-order valence-electron chi connectivity index (χ0n) is 16.1. The van der Waals surface area contributed by atoms with Gasteiger partial charge in [0.2, 0.25) is 5.88 Å². The molecule has 29 heavy (non-hydrogen) atoms. The molecule has 1 saturated heterocycles. The van der Waals surface area contributed by atoms with Gasteiger partial charge in [-0.25, -0.2) is 14.4 Å². The molecule has 0 unspecified atom stereocenters. The molecule has 0 saturated carbocycles. The first kappa shape index (κ1) is 18.9. The second-order valence-corrected chi connectivity index (χ2v) is 6.92. The number of carbonyl (C=O) groups is 1. The van der Waals surface area contributed by atoms with Crippen LogP contribution in [0.25, 0.3) is 0 Å². The average Bonchev–Trinajstić information content (AvgIpc) is 2.76. The molecular weight excluding hydrogens is 371 g/mol. The summed E-state index contributed by atoms with van der Waals surface area (Å²) in [7, 11) is 0. The van der Waals surface area contributed by atoms with Gasteiger partial charge < -0.3 is 14.5 Å². The molecule has 6 nitrogen and oxygen atoms in total. The first-order valence-corrected chi connectivity index (χ1v) is 9.45. The maximum Gasteiger partial charge on any atom is 0.253 e. The topological polar surface area (TPSA) is 58.6 Å². The minimum absolute atomic E-state index is 0.0488. The zero-order valence-corrected chi connectivity index (χ0v) is 16.1. The zero-order chi connectivity index (χ0) is 20.2. The molecule has 7 heteroatoms. The smallest absolute Gasteiger partial charge is 0.253 e. The monoisotopic (exact) mass is 392 g/mol.